The lowest BCUT2D eigenvalue weighted by atomic mass is 9.92. The average molecular weight is 523 g/mol. The number of amides is 2. The highest BCUT2D eigenvalue weighted by molar-refractivity contribution is 5.97. The molecule has 1 saturated heterocycles. The zero-order chi connectivity index (χ0) is 26.9. The van der Waals surface area contributed by atoms with Crippen molar-refractivity contribution in [3.8, 4) is 23.0 Å². The monoisotopic (exact) mass is 522 g/mol. The molecular formula is C29H28F2N2O5. The average Bonchev–Trinajstić information content (AvgIpc) is 3.60. The normalized spacial score (nSPS) is 17.6. The van der Waals surface area contributed by atoms with Crippen LogP contribution < -0.4 is 19.5 Å². The maximum Gasteiger partial charge on any atom is 0.260 e. The summed E-state index contributed by atoms with van der Waals surface area (Å²) in [5.41, 5.74) is -0.401. The molecule has 1 atom stereocenters. The van der Waals surface area contributed by atoms with E-state index in [1.807, 2.05) is 36.4 Å². The number of likely N-dealkylation sites (tertiary alicyclic amines) is 1. The summed E-state index contributed by atoms with van der Waals surface area (Å²) in [4.78, 5) is 27.7. The predicted molar refractivity (Wildman–Crippen MR) is 136 cm³/mol. The van der Waals surface area contributed by atoms with Crippen molar-refractivity contribution in [3.63, 3.8) is 0 Å². The number of piperidine rings is 1. The van der Waals surface area contributed by atoms with Crippen LogP contribution in [-0.2, 0) is 0 Å². The molecule has 1 N–H and O–H groups in total. The highest BCUT2D eigenvalue weighted by atomic mass is 19.1. The largest absolute Gasteiger partial charge is 0.494 e. The fourth-order valence-electron chi connectivity index (χ4n) is 5.09. The van der Waals surface area contributed by atoms with E-state index in [-0.39, 0.29) is 28.9 Å². The summed E-state index contributed by atoms with van der Waals surface area (Å²) < 4.78 is 45.5. The van der Waals surface area contributed by atoms with Gasteiger partial charge in [0.05, 0.1) is 19.8 Å². The first kappa shape index (κ1) is 25.5. The number of rotatable bonds is 7. The fraction of sp³-hybridized carbons (Fsp3) is 0.310. The van der Waals surface area contributed by atoms with E-state index in [1.165, 1.54) is 19.1 Å². The summed E-state index contributed by atoms with van der Waals surface area (Å²) in [7, 11) is 2.48. The first-order valence-electron chi connectivity index (χ1n) is 12.4. The van der Waals surface area contributed by atoms with Crippen LogP contribution in [0.5, 0.6) is 23.0 Å². The third-order valence-corrected chi connectivity index (χ3v) is 7.43. The SMILES string of the molecule is COc1cc(OC)c(F)c(C(=O)N2CCC3(CC2)CC3NC(=O)c2ccccc2Oc2ccccc2)c1F. The fourth-order valence-corrected chi connectivity index (χ4v) is 5.09. The molecule has 2 aliphatic rings. The Morgan fingerprint density at radius 3 is 2.13 bits per heavy atom. The van der Waals surface area contributed by atoms with E-state index in [2.05, 4.69) is 5.32 Å². The number of nitrogens with one attached hydrogen (secondary N) is 1. The van der Waals surface area contributed by atoms with E-state index in [9.17, 15) is 18.4 Å². The van der Waals surface area contributed by atoms with Gasteiger partial charge in [-0.3, -0.25) is 9.59 Å². The summed E-state index contributed by atoms with van der Waals surface area (Å²) in [5, 5.41) is 3.11. The zero-order valence-electron chi connectivity index (χ0n) is 21.1. The molecule has 0 radical (unpaired) electrons. The van der Waals surface area contributed by atoms with Gasteiger partial charge >= 0.3 is 0 Å². The predicted octanol–water partition coefficient (Wildman–Crippen LogP) is 5.20. The number of halogens is 2. The van der Waals surface area contributed by atoms with E-state index >= 15 is 0 Å². The van der Waals surface area contributed by atoms with Crippen molar-refractivity contribution >= 4 is 11.8 Å². The zero-order valence-corrected chi connectivity index (χ0v) is 21.1. The van der Waals surface area contributed by atoms with E-state index in [4.69, 9.17) is 14.2 Å². The molecule has 38 heavy (non-hydrogen) atoms. The summed E-state index contributed by atoms with van der Waals surface area (Å²) in [6.07, 6.45) is 1.99. The maximum atomic E-state index is 14.8. The molecule has 1 unspecified atom stereocenters. The molecule has 3 aromatic rings. The number of hydrogen-bond donors (Lipinski definition) is 1. The molecule has 1 spiro atoms. The molecule has 1 saturated carbocycles. The standard InChI is InChI=1S/C29H28F2N2O5/c1-36-21-16-22(37-2)26(31)24(25(21)30)28(35)33-14-12-29(13-15-33)17-23(29)32-27(34)19-10-6-7-11-20(19)38-18-8-4-3-5-9-18/h3-11,16,23H,12-15,17H2,1-2H3,(H,32,34). The van der Waals surface area contributed by atoms with E-state index < -0.39 is 23.1 Å². The Bertz CT molecular complexity index is 1330. The number of methoxy groups -OCH3 is 2. The van der Waals surface area contributed by atoms with Crippen LogP contribution in [0.4, 0.5) is 8.78 Å². The summed E-state index contributed by atoms with van der Waals surface area (Å²) in [6, 6.07) is 17.3. The molecular weight excluding hydrogens is 494 g/mol. The molecule has 2 amide bonds. The van der Waals surface area contributed by atoms with E-state index in [0.29, 0.717) is 43.0 Å². The summed E-state index contributed by atoms with van der Waals surface area (Å²) in [5.74, 6) is -2.51. The van der Waals surface area contributed by atoms with Gasteiger partial charge in [0.2, 0.25) is 0 Å². The van der Waals surface area contributed by atoms with Crippen LogP contribution in [0.15, 0.2) is 60.7 Å². The molecule has 198 valence electrons. The Kier molecular flexibility index (Phi) is 6.93. The highest BCUT2D eigenvalue weighted by Crippen LogP contribution is 2.54. The number of hydrogen-bond acceptors (Lipinski definition) is 5. The minimum atomic E-state index is -1.05. The Morgan fingerprint density at radius 2 is 1.50 bits per heavy atom. The van der Waals surface area contributed by atoms with Gasteiger partial charge in [0.1, 0.15) is 17.1 Å². The Morgan fingerprint density at radius 1 is 0.895 bits per heavy atom. The first-order chi connectivity index (χ1) is 18.4. The molecule has 3 aromatic carbocycles. The Labute approximate surface area is 219 Å². The van der Waals surface area contributed by atoms with Gasteiger partial charge < -0.3 is 24.4 Å². The van der Waals surface area contributed by atoms with Crippen molar-refractivity contribution in [1.29, 1.82) is 0 Å². The molecule has 9 heteroatoms. The first-order valence-corrected chi connectivity index (χ1v) is 12.4. The van der Waals surface area contributed by atoms with E-state index in [1.54, 1.807) is 18.2 Å². The van der Waals surface area contributed by atoms with Gasteiger partial charge in [0.15, 0.2) is 23.1 Å². The van der Waals surface area contributed by atoms with Gasteiger partial charge in [-0.25, -0.2) is 8.78 Å². The molecule has 1 aliphatic carbocycles. The van der Waals surface area contributed by atoms with Crippen molar-refractivity contribution in [2.45, 2.75) is 25.3 Å². The number of nitrogens with zero attached hydrogens (tertiary/aromatic N) is 1. The number of benzene rings is 3. The van der Waals surface area contributed by atoms with Gasteiger partial charge in [0, 0.05) is 25.2 Å². The number of carbonyl (C=O) groups excluding carboxylic acids is 2. The second-order valence-corrected chi connectivity index (χ2v) is 9.58. The summed E-state index contributed by atoms with van der Waals surface area (Å²) >= 11 is 0. The highest BCUT2D eigenvalue weighted by Gasteiger charge is 2.56. The second-order valence-electron chi connectivity index (χ2n) is 9.58. The lowest BCUT2D eigenvalue weighted by Gasteiger charge is -2.33. The van der Waals surface area contributed by atoms with Crippen molar-refractivity contribution in [1.82, 2.24) is 10.2 Å². The third-order valence-electron chi connectivity index (χ3n) is 7.43. The second kappa shape index (κ2) is 10.3. The van der Waals surface area contributed by atoms with E-state index in [0.717, 1.165) is 12.5 Å². The van der Waals surface area contributed by atoms with Crippen molar-refractivity contribution in [3.05, 3.63) is 83.4 Å². The summed E-state index contributed by atoms with van der Waals surface area (Å²) in [6.45, 7) is 0.634. The van der Waals surface area contributed by atoms with Crippen molar-refractivity contribution in [2.24, 2.45) is 5.41 Å². The lowest BCUT2D eigenvalue weighted by Crippen LogP contribution is -2.42. The van der Waals surface area contributed by atoms with Gasteiger partial charge in [-0.2, -0.15) is 0 Å². The van der Waals surface area contributed by atoms with Gasteiger partial charge in [-0.05, 0) is 48.9 Å². The molecule has 0 bridgehead atoms. The minimum absolute atomic E-state index is 0.0533. The van der Waals surface area contributed by atoms with Crippen LogP contribution in [0.3, 0.4) is 0 Å². The molecule has 7 nitrogen and oxygen atoms in total. The molecule has 1 heterocycles. The van der Waals surface area contributed by atoms with Crippen molar-refractivity contribution in [2.75, 3.05) is 27.3 Å². The number of carbonyl (C=O) groups is 2. The van der Waals surface area contributed by atoms with Crippen LogP contribution >= 0.6 is 0 Å². The molecule has 0 aromatic heterocycles. The smallest absolute Gasteiger partial charge is 0.260 e. The lowest BCUT2D eigenvalue weighted by molar-refractivity contribution is 0.0656. The van der Waals surface area contributed by atoms with Gasteiger partial charge in [0.25, 0.3) is 11.8 Å². The van der Waals surface area contributed by atoms with Crippen LogP contribution in [0.2, 0.25) is 0 Å². The van der Waals surface area contributed by atoms with Crippen LogP contribution in [-0.4, -0.2) is 50.1 Å². The van der Waals surface area contributed by atoms with Crippen LogP contribution in [0.1, 0.15) is 40.0 Å². The Hall–Kier alpha value is -4.14. The number of para-hydroxylation sites is 2. The van der Waals surface area contributed by atoms with Crippen molar-refractivity contribution < 1.29 is 32.6 Å². The Balaban J connectivity index is 1.23. The molecule has 1 aliphatic heterocycles. The third kappa shape index (κ3) is 4.76. The number of ether oxygens (including phenoxy) is 3. The quantitative estimate of drug-likeness (QED) is 0.462. The minimum Gasteiger partial charge on any atom is -0.494 e. The van der Waals surface area contributed by atoms with Gasteiger partial charge in [-0.15, -0.1) is 0 Å². The van der Waals surface area contributed by atoms with Gasteiger partial charge in [-0.1, -0.05) is 30.3 Å². The molecule has 5 rings (SSSR count). The van der Waals surface area contributed by atoms with Crippen LogP contribution in [0, 0.1) is 17.0 Å². The topological polar surface area (TPSA) is 77.1 Å². The maximum absolute atomic E-state index is 14.8. The molecule has 2 fully saturated rings. The van der Waals surface area contributed by atoms with Crippen LogP contribution in [0.25, 0.3) is 0 Å².